The largest absolute Gasteiger partial charge is 0.448 e. The van der Waals surface area contributed by atoms with Crippen LogP contribution in [-0.2, 0) is 0 Å². The Morgan fingerprint density at radius 3 is 2.65 bits per heavy atom. The molecule has 1 aromatic carbocycles. The van der Waals surface area contributed by atoms with E-state index in [-0.39, 0.29) is 0 Å². The number of benzene rings is 1. The van der Waals surface area contributed by atoms with E-state index in [4.69, 9.17) is 4.42 Å². The molecule has 1 heterocycles. The Labute approximate surface area is 135 Å². The predicted molar refractivity (Wildman–Crippen MR) is 90.3 cm³/mol. The van der Waals surface area contributed by atoms with Gasteiger partial charge in [-0.25, -0.2) is 0 Å². The van der Waals surface area contributed by atoms with Crippen molar-refractivity contribution in [3.63, 3.8) is 0 Å². The van der Waals surface area contributed by atoms with E-state index in [1.165, 1.54) is 9.13 Å². The fourth-order valence-corrected chi connectivity index (χ4v) is 2.33. The van der Waals surface area contributed by atoms with Gasteiger partial charge in [0.2, 0.25) is 0 Å². The van der Waals surface area contributed by atoms with Crippen LogP contribution in [0.3, 0.4) is 0 Å². The van der Waals surface area contributed by atoms with Crippen LogP contribution in [0.2, 0.25) is 0 Å². The van der Waals surface area contributed by atoms with Gasteiger partial charge in [0.15, 0.2) is 3.77 Å². The maximum Gasteiger partial charge on any atom is 0.178 e. The van der Waals surface area contributed by atoms with Crippen molar-refractivity contribution in [2.24, 2.45) is 4.99 Å². The zero-order chi connectivity index (χ0) is 12.4. The van der Waals surface area contributed by atoms with Gasteiger partial charge in [-0.1, -0.05) is 0 Å². The molecule has 88 valence electrons. The normalized spacial score (nSPS) is 11.3. The Morgan fingerprint density at radius 2 is 2.06 bits per heavy atom. The van der Waals surface area contributed by atoms with Gasteiger partial charge in [-0.2, -0.15) is 0 Å². The van der Waals surface area contributed by atoms with Crippen molar-refractivity contribution in [2.75, 3.05) is 0 Å². The maximum absolute atomic E-state index is 5.48. The van der Waals surface area contributed by atoms with Gasteiger partial charge in [0.1, 0.15) is 5.76 Å². The molecule has 0 spiro atoms. The highest BCUT2D eigenvalue weighted by molar-refractivity contribution is 14.1. The third-order valence-corrected chi connectivity index (χ3v) is 5.49. The van der Waals surface area contributed by atoms with Crippen LogP contribution in [0.1, 0.15) is 11.3 Å². The summed E-state index contributed by atoms with van der Waals surface area (Å²) in [6, 6.07) is 8.02. The summed E-state index contributed by atoms with van der Waals surface area (Å²) in [7, 11) is 0. The molecule has 2 rings (SSSR count). The molecule has 0 bridgehead atoms. The fraction of sp³-hybridized carbons (Fsp3) is 0.0833. The first-order valence-electron chi connectivity index (χ1n) is 4.81. The predicted octanol–water partition coefficient (Wildman–Crippen LogP) is 5.31. The summed E-state index contributed by atoms with van der Waals surface area (Å²) in [6.45, 7) is 2.08. The van der Waals surface area contributed by atoms with Crippen LogP contribution in [0, 0.1) is 14.3 Å². The summed E-state index contributed by atoms with van der Waals surface area (Å²) in [5, 5.41) is 0. The number of furan rings is 1. The average Bonchev–Trinajstić information content (AvgIpc) is 2.60. The highest BCUT2D eigenvalue weighted by atomic mass is 127. The number of aliphatic imine (C=N–C) groups is 1. The molecule has 0 unspecified atom stereocenters. The van der Waals surface area contributed by atoms with E-state index in [1.807, 2.05) is 12.1 Å². The van der Waals surface area contributed by atoms with Gasteiger partial charge in [-0.05, 0) is 69.2 Å². The van der Waals surface area contributed by atoms with Crippen LogP contribution >= 0.6 is 61.1 Å². The lowest BCUT2D eigenvalue weighted by molar-refractivity contribution is 0.530. The molecule has 0 saturated carbocycles. The third kappa shape index (κ3) is 3.54. The molecule has 0 saturated heterocycles. The molecule has 17 heavy (non-hydrogen) atoms. The van der Waals surface area contributed by atoms with E-state index in [9.17, 15) is 0 Å². The molecular weight excluding hydrogens is 508 g/mol. The molecule has 2 aromatic rings. The van der Waals surface area contributed by atoms with Crippen LogP contribution in [0.5, 0.6) is 0 Å². The van der Waals surface area contributed by atoms with Gasteiger partial charge in [0.05, 0.1) is 16.4 Å². The van der Waals surface area contributed by atoms with Crippen LogP contribution in [-0.4, -0.2) is 6.21 Å². The zero-order valence-corrected chi connectivity index (χ0v) is 14.8. The summed E-state index contributed by atoms with van der Waals surface area (Å²) >= 11 is 7.84. The molecule has 2 nitrogen and oxygen atoms in total. The molecule has 0 atom stereocenters. The van der Waals surface area contributed by atoms with Gasteiger partial charge in [-0.3, -0.25) is 4.99 Å². The van der Waals surface area contributed by atoms with Crippen molar-refractivity contribution < 1.29 is 4.42 Å². The first kappa shape index (κ1) is 13.5. The van der Waals surface area contributed by atoms with Gasteiger partial charge < -0.3 is 4.42 Å². The molecule has 0 aliphatic rings. The number of hydrogen-bond donors (Lipinski definition) is 0. The molecule has 0 radical (unpaired) electrons. The highest BCUT2D eigenvalue weighted by Crippen LogP contribution is 2.23. The summed E-state index contributed by atoms with van der Waals surface area (Å²) in [5.74, 6) is 0.748. The van der Waals surface area contributed by atoms with Gasteiger partial charge in [-0.15, -0.1) is 0 Å². The van der Waals surface area contributed by atoms with Crippen molar-refractivity contribution in [3.8, 4) is 0 Å². The molecular formula is C12H8BrI2NO. The Hall–Kier alpha value is 0.110. The van der Waals surface area contributed by atoms with E-state index >= 15 is 0 Å². The average molecular weight is 516 g/mol. The van der Waals surface area contributed by atoms with E-state index in [2.05, 4.69) is 85.2 Å². The minimum atomic E-state index is 0.748. The minimum Gasteiger partial charge on any atom is -0.448 e. The molecule has 0 fully saturated rings. The second-order valence-electron chi connectivity index (χ2n) is 3.46. The van der Waals surface area contributed by atoms with E-state index in [0.717, 1.165) is 19.7 Å². The van der Waals surface area contributed by atoms with E-state index in [0.29, 0.717) is 0 Å². The quantitative estimate of drug-likeness (QED) is 0.393. The van der Waals surface area contributed by atoms with E-state index < -0.39 is 0 Å². The molecule has 0 N–H and O–H groups in total. The molecule has 0 amide bonds. The topological polar surface area (TPSA) is 25.5 Å². The second kappa shape index (κ2) is 5.83. The van der Waals surface area contributed by atoms with Gasteiger partial charge in [0.25, 0.3) is 0 Å². The standard InChI is InChI=1S/C12H8BrI2NO/c1-7-4-8(2-3-11(7)14)16-6-9-5-10(13)12(15)17-9/h2-6H,1H3. The summed E-state index contributed by atoms with van der Waals surface area (Å²) < 4.78 is 8.52. The smallest absolute Gasteiger partial charge is 0.178 e. The summed E-state index contributed by atoms with van der Waals surface area (Å²) in [6.07, 6.45) is 1.73. The molecule has 0 aliphatic carbocycles. The maximum atomic E-state index is 5.48. The van der Waals surface area contributed by atoms with Crippen molar-refractivity contribution in [1.82, 2.24) is 0 Å². The lowest BCUT2D eigenvalue weighted by Gasteiger charge is -1.98. The van der Waals surface area contributed by atoms with E-state index in [1.54, 1.807) is 6.21 Å². The third-order valence-electron chi connectivity index (χ3n) is 2.15. The molecule has 0 aliphatic heterocycles. The van der Waals surface area contributed by atoms with Crippen LogP contribution in [0.25, 0.3) is 0 Å². The van der Waals surface area contributed by atoms with Crippen molar-refractivity contribution in [3.05, 3.63) is 47.4 Å². The Morgan fingerprint density at radius 1 is 1.29 bits per heavy atom. The number of nitrogens with zero attached hydrogens (tertiary/aromatic N) is 1. The highest BCUT2D eigenvalue weighted by Gasteiger charge is 2.03. The van der Waals surface area contributed by atoms with Crippen LogP contribution in [0.4, 0.5) is 5.69 Å². The van der Waals surface area contributed by atoms with Crippen molar-refractivity contribution in [1.29, 1.82) is 0 Å². The minimum absolute atomic E-state index is 0.748. The van der Waals surface area contributed by atoms with Crippen molar-refractivity contribution in [2.45, 2.75) is 6.92 Å². The first-order chi connectivity index (χ1) is 8.06. The lowest BCUT2D eigenvalue weighted by atomic mass is 10.2. The van der Waals surface area contributed by atoms with Crippen molar-refractivity contribution >= 4 is 73.0 Å². The van der Waals surface area contributed by atoms with Crippen LogP contribution in [0.15, 0.2) is 38.1 Å². The zero-order valence-electron chi connectivity index (χ0n) is 8.88. The van der Waals surface area contributed by atoms with Crippen LogP contribution < -0.4 is 0 Å². The summed E-state index contributed by atoms with van der Waals surface area (Å²) in [5.41, 5.74) is 2.17. The number of hydrogen-bond acceptors (Lipinski definition) is 2. The SMILES string of the molecule is Cc1cc(N=Cc2cc(Br)c(I)o2)ccc1I. The number of rotatable bonds is 2. The second-order valence-corrected chi connectivity index (χ2v) is 6.46. The number of halogens is 3. The lowest BCUT2D eigenvalue weighted by Crippen LogP contribution is -1.79. The fourth-order valence-electron chi connectivity index (χ4n) is 1.27. The Kier molecular flexibility index (Phi) is 4.65. The summed E-state index contributed by atoms with van der Waals surface area (Å²) in [4.78, 5) is 4.39. The molecule has 1 aromatic heterocycles. The monoisotopic (exact) mass is 515 g/mol. The van der Waals surface area contributed by atoms with Gasteiger partial charge >= 0.3 is 0 Å². The first-order valence-corrected chi connectivity index (χ1v) is 7.76. The Balaban J connectivity index is 2.22. The molecule has 5 heteroatoms. The number of aryl methyl sites for hydroxylation is 1. The Bertz CT molecular complexity index is 558. The van der Waals surface area contributed by atoms with Gasteiger partial charge in [0, 0.05) is 32.2 Å².